The van der Waals surface area contributed by atoms with E-state index in [0.29, 0.717) is 18.2 Å². The van der Waals surface area contributed by atoms with E-state index >= 15 is 0 Å². The monoisotopic (exact) mass is 324 g/mol. The van der Waals surface area contributed by atoms with Gasteiger partial charge in [-0.25, -0.2) is 9.97 Å². The average molecular weight is 324 g/mol. The lowest BCUT2D eigenvalue weighted by Crippen LogP contribution is -2.39. The number of benzene rings is 1. The van der Waals surface area contributed by atoms with E-state index in [0.717, 1.165) is 29.9 Å². The third-order valence-electron chi connectivity index (χ3n) is 4.15. The number of piperidine rings is 1. The molecular formula is C17H16N4OS. The molecule has 0 spiro atoms. The Balaban J connectivity index is 1.56. The molecule has 6 heteroatoms. The third-order valence-corrected chi connectivity index (χ3v) is 5.35. The van der Waals surface area contributed by atoms with Gasteiger partial charge in [-0.05, 0) is 25.0 Å². The fourth-order valence-corrected chi connectivity index (χ4v) is 4.09. The van der Waals surface area contributed by atoms with E-state index in [2.05, 4.69) is 16.0 Å². The van der Waals surface area contributed by atoms with Crippen molar-refractivity contribution in [2.45, 2.75) is 18.8 Å². The predicted molar refractivity (Wildman–Crippen MR) is 89.5 cm³/mol. The van der Waals surface area contributed by atoms with Crippen molar-refractivity contribution in [2.75, 3.05) is 13.1 Å². The molecule has 4 rings (SSSR count). The number of thiazole rings is 1. The zero-order chi connectivity index (χ0) is 15.6. The van der Waals surface area contributed by atoms with Crippen molar-refractivity contribution in [1.82, 2.24) is 19.9 Å². The minimum absolute atomic E-state index is 0.0380. The first-order valence-electron chi connectivity index (χ1n) is 7.72. The molecule has 1 aliphatic rings. The first kappa shape index (κ1) is 14.3. The fourth-order valence-electron chi connectivity index (χ4n) is 3.00. The highest BCUT2D eigenvalue weighted by atomic mass is 32.1. The van der Waals surface area contributed by atoms with Crippen molar-refractivity contribution in [3.63, 3.8) is 0 Å². The molecule has 0 radical (unpaired) electrons. The van der Waals surface area contributed by atoms with Gasteiger partial charge in [0.1, 0.15) is 5.69 Å². The van der Waals surface area contributed by atoms with E-state index in [1.54, 1.807) is 23.7 Å². The molecule has 5 nitrogen and oxygen atoms in total. The Labute approximate surface area is 138 Å². The van der Waals surface area contributed by atoms with Crippen LogP contribution in [0.25, 0.3) is 10.2 Å². The highest BCUT2D eigenvalue weighted by Gasteiger charge is 2.28. The van der Waals surface area contributed by atoms with Crippen molar-refractivity contribution in [1.29, 1.82) is 0 Å². The van der Waals surface area contributed by atoms with E-state index in [9.17, 15) is 4.79 Å². The molecule has 1 aromatic carbocycles. The van der Waals surface area contributed by atoms with E-state index in [1.165, 1.54) is 10.9 Å². The summed E-state index contributed by atoms with van der Waals surface area (Å²) in [5, 5.41) is 1.13. The highest BCUT2D eigenvalue weighted by molar-refractivity contribution is 7.18. The lowest BCUT2D eigenvalue weighted by Gasteiger charge is -2.31. The lowest BCUT2D eigenvalue weighted by atomic mass is 9.98. The van der Waals surface area contributed by atoms with Gasteiger partial charge < -0.3 is 4.90 Å². The van der Waals surface area contributed by atoms with Crippen LogP contribution in [-0.4, -0.2) is 38.8 Å². The number of nitrogens with zero attached hydrogens (tertiary/aromatic N) is 4. The second-order valence-corrected chi connectivity index (χ2v) is 6.76. The van der Waals surface area contributed by atoms with E-state index in [1.807, 2.05) is 23.1 Å². The number of carbonyl (C=O) groups is 1. The molecule has 0 unspecified atom stereocenters. The number of hydrogen-bond donors (Lipinski definition) is 0. The minimum Gasteiger partial charge on any atom is -0.337 e. The van der Waals surface area contributed by atoms with Crippen LogP contribution in [0.4, 0.5) is 0 Å². The molecule has 0 aliphatic carbocycles. The maximum absolute atomic E-state index is 12.6. The molecule has 0 saturated carbocycles. The van der Waals surface area contributed by atoms with Crippen LogP contribution < -0.4 is 0 Å². The number of fused-ring (bicyclic) bond motifs is 1. The van der Waals surface area contributed by atoms with Gasteiger partial charge in [0.25, 0.3) is 5.91 Å². The van der Waals surface area contributed by atoms with Crippen LogP contribution in [0.3, 0.4) is 0 Å². The van der Waals surface area contributed by atoms with Gasteiger partial charge >= 0.3 is 0 Å². The molecule has 1 atom stereocenters. The minimum atomic E-state index is -0.0380. The molecular weight excluding hydrogens is 308 g/mol. The van der Waals surface area contributed by atoms with Crippen LogP contribution in [0.15, 0.2) is 42.9 Å². The Kier molecular flexibility index (Phi) is 3.75. The van der Waals surface area contributed by atoms with Gasteiger partial charge in [0.05, 0.1) is 21.4 Å². The molecule has 1 amide bonds. The Morgan fingerprint density at radius 3 is 3.00 bits per heavy atom. The average Bonchev–Trinajstić information content (AvgIpc) is 3.06. The molecule has 3 heterocycles. The summed E-state index contributed by atoms with van der Waals surface area (Å²) < 4.78 is 1.21. The number of para-hydroxylation sites is 1. The number of carbonyl (C=O) groups excluding carboxylic acids is 1. The van der Waals surface area contributed by atoms with Gasteiger partial charge in [-0.15, -0.1) is 11.3 Å². The third kappa shape index (κ3) is 2.82. The molecule has 2 aromatic heterocycles. The second kappa shape index (κ2) is 6.04. The Morgan fingerprint density at radius 1 is 1.26 bits per heavy atom. The van der Waals surface area contributed by atoms with Crippen molar-refractivity contribution in [3.8, 4) is 0 Å². The molecule has 0 N–H and O–H groups in total. The predicted octanol–water partition coefficient (Wildman–Crippen LogP) is 3.11. The normalized spacial score (nSPS) is 18.3. The topological polar surface area (TPSA) is 59.0 Å². The summed E-state index contributed by atoms with van der Waals surface area (Å²) in [7, 11) is 0. The van der Waals surface area contributed by atoms with Crippen molar-refractivity contribution in [3.05, 3.63) is 53.6 Å². The van der Waals surface area contributed by atoms with Crippen LogP contribution in [0, 0.1) is 0 Å². The molecule has 1 aliphatic heterocycles. The standard InChI is InChI=1S/C17H16N4OS/c22-17(14-10-18-7-8-19-14)21-9-3-4-12(11-21)16-20-13-5-1-2-6-15(13)23-16/h1-2,5-8,10,12H,3-4,9,11H2/t12-/m0/s1. The van der Waals surface area contributed by atoms with Gasteiger partial charge in [-0.2, -0.15) is 0 Å². The maximum Gasteiger partial charge on any atom is 0.274 e. The summed E-state index contributed by atoms with van der Waals surface area (Å²) in [5.74, 6) is 0.269. The van der Waals surface area contributed by atoms with Crippen LogP contribution in [0.5, 0.6) is 0 Å². The van der Waals surface area contributed by atoms with Crippen LogP contribution in [0.1, 0.15) is 34.3 Å². The summed E-state index contributed by atoms with van der Waals surface area (Å²) >= 11 is 1.74. The molecule has 3 aromatic rings. The Bertz CT molecular complexity index is 800. The number of hydrogen-bond acceptors (Lipinski definition) is 5. The molecule has 23 heavy (non-hydrogen) atoms. The quantitative estimate of drug-likeness (QED) is 0.727. The van der Waals surface area contributed by atoms with E-state index in [4.69, 9.17) is 4.98 Å². The summed E-state index contributed by atoms with van der Waals surface area (Å²) in [6.45, 7) is 1.48. The van der Waals surface area contributed by atoms with Crippen molar-refractivity contribution < 1.29 is 4.79 Å². The van der Waals surface area contributed by atoms with Crippen LogP contribution in [-0.2, 0) is 0 Å². The molecule has 1 saturated heterocycles. The summed E-state index contributed by atoms with van der Waals surface area (Å²) in [6.07, 6.45) is 6.74. The zero-order valence-corrected chi connectivity index (χ0v) is 13.4. The SMILES string of the molecule is O=C(c1cnccn1)N1CCC[C@H](c2nc3ccccc3s2)C1. The van der Waals surface area contributed by atoms with Crippen molar-refractivity contribution >= 4 is 27.5 Å². The molecule has 0 bridgehead atoms. The van der Waals surface area contributed by atoms with Gasteiger partial charge in [0.2, 0.25) is 0 Å². The van der Waals surface area contributed by atoms with Gasteiger partial charge in [0, 0.05) is 31.4 Å². The number of likely N-dealkylation sites (tertiary alicyclic amines) is 1. The number of rotatable bonds is 2. The summed E-state index contributed by atoms with van der Waals surface area (Å²) in [6, 6.07) is 8.19. The van der Waals surface area contributed by atoms with Crippen molar-refractivity contribution in [2.24, 2.45) is 0 Å². The summed E-state index contributed by atoms with van der Waals surface area (Å²) in [4.78, 5) is 27.3. The smallest absolute Gasteiger partial charge is 0.274 e. The van der Waals surface area contributed by atoms with E-state index in [-0.39, 0.29) is 5.91 Å². The molecule has 1 fully saturated rings. The number of aromatic nitrogens is 3. The fraction of sp³-hybridized carbons (Fsp3) is 0.294. The largest absolute Gasteiger partial charge is 0.337 e. The van der Waals surface area contributed by atoms with Gasteiger partial charge in [-0.3, -0.25) is 9.78 Å². The zero-order valence-electron chi connectivity index (χ0n) is 12.6. The number of amides is 1. The van der Waals surface area contributed by atoms with Gasteiger partial charge in [-0.1, -0.05) is 12.1 Å². The second-order valence-electron chi connectivity index (χ2n) is 5.70. The maximum atomic E-state index is 12.6. The summed E-state index contributed by atoms with van der Waals surface area (Å²) in [5.41, 5.74) is 1.46. The first-order chi connectivity index (χ1) is 11.3. The van der Waals surface area contributed by atoms with Crippen LogP contribution >= 0.6 is 11.3 Å². The van der Waals surface area contributed by atoms with E-state index < -0.39 is 0 Å². The Morgan fingerprint density at radius 2 is 2.17 bits per heavy atom. The van der Waals surface area contributed by atoms with Crippen LogP contribution in [0.2, 0.25) is 0 Å². The highest BCUT2D eigenvalue weighted by Crippen LogP contribution is 2.33. The first-order valence-corrected chi connectivity index (χ1v) is 8.53. The lowest BCUT2D eigenvalue weighted by molar-refractivity contribution is 0.0700. The van der Waals surface area contributed by atoms with Gasteiger partial charge in [0.15, 0.2) is 0 Å². The molecule has 116 valence electrons. The Hall–Kier alpha value is -2.34.